The van der Waals surface area contributed by atoms with Gasteiger partial charge in [-0.3, -0.25) is 20.4 Å². The zero-order valence-electron chi connectivity index (χ0n) is 18.9. The molecule has 0 bridgehead atoms. The van der Waals surface area contributed by atoms with Crippen LogP contribution >= 0.6 is 0 Å². The van der Waals surface area contributed by atoms with Gasteiger partial charge in [0.25, 0.3) is 11.8 Å². The minimum Gasteiger partial charge on any atom is -0.493 e. The van der Waals surface area contributed by atoms with Crippen LogP contribution in [0.2, 0.25) is 0 Å². The molecule has 8 heteroatoms. The van der Waals surface area contributed by atoms with E-state index in [1.165, 1.54) is 33.5 Å². The molecule has 2 amide bonds. The molecule has 8 nitrogen and oxygen atoms in total. The predicted molar refractivity (Wildman–Crippen MR) is 124 cm³/mol. The first kappa shape index (κ1) is 23.5. The number of carbonyl (C=O) groups excluding carboxylic acids is 2. The van der Waals surface area contributed by atoms with Crippen LogP contribution in [-0.2, 0) is 4.79 Å². The normalized spacial score (nSPS) is 11.2. The second kappa shape index (κ2) is 10.9. The molecular formula is C25H26N2O6. The minimum absolute atomic E-state index is 0.217. The van der Waals surface area contributed by atoms with Gasteiger partial charge in [0.1, 0.15) is 5.75 Å². The van der Waals surface area contributed by atoms with Crippen LogP contribution in [0.25, 0.3) is 11.1 Å². The van der Waals surface area contributed by atoms with Crippen molar-refractivity contribution in [1.82, 2.24) is 10.9 Å². The van der Waals surface area contributed by atoms with E-state index < -0.39 is 17.9 Å². The Morgan fingerprint density at radius 3 is 1.88 bits per heavy atom. The van der Waals surface area contributed by atoms with Crippen LogP contribution in [0, 0.1) is 0 Å². The summed E-state index contributed by atoms with van der Waals surface area (Å²) in [4.78, 5) is 24.9. The molecule has 0 aliphatic heterocycles. The third-order valence-electron chi connectivity index (χ3n) is 4.87. The summed E-state index contributed by atoms with van der Waals surface area (Å²) in [5, 5.41) is 0. The zero-order chi connectivity index (χ0) is 23.8. The molecule has 0 aromatic heterocycles. The molecule has 3 aromatic rings. The highest BCUT2D eigenvalue weighted by Gasteiger charge is 2.19. The summed E-state index contributed by atoms with van der Waals surface area (Å²) in [6.07, 6.45) is -0.840. The highest BCUT2D eigenvalue weighted by atomic mass is 16.5. The van der Waals surface area contributed by atoms with Gasteiger partial charge in [-0.1, -0.05) is 42.5 Å². The second-order valence-electron chi connectivity index (χ2n) is 7.01. The van der Waals surface area contributed by atoms with E-state index in [0.717, 1.165) is 11.1 Å². The van der Waals surface area contributed by atoms with Crippen molar-refractivity contribution in [2.75, 3.05) is 21.3 Å². The first-order valence-corrected chi connectivity index (χ1v) is 10.2. The van der Waals surface area contributed by atoms with E-state index in [9.17, 15) is 9.59 Å². The summed E-state index contributed by atoms with van der Waals surface area (Å²) >= 11 is 0. The fourth-order valence-electron chi connectivity index (χ4n) is 3.12. The number of nitrogens with one attached hydrogen (secondary N) is 2. The Balaban J connectivity index is 1.58. The number of rotatable bonds is 8. The van der Waals surface area contributed by atoms with Gasteiger partial charge in [0.2, 0.25) is 5.75 Å². The Bertz CT molecular complexity index is 1070. The predicted octanol–water partition coefficient (Wildman–Crippen LogP) is 3.61. The molecule has 0 aliphatic rings. The maximum atomic E-state index is 12.5. The van der Waals surface area contributed by atoms with Crippen LogP contribution in [-0.4, -0.2) is 39.2 Å². The Hall–Kier alpha value is -4.20. The van der Waals surface area contributed by atoms with Crippen LogP contribution in [0.3, 0.4) is 0 Å². The molecular weight excluding hydrogens is 424 g/mol. The SMILES string of the molecule is COc1cc(C(=O)NNC(=O)C(C)Oc2ccc(-c3ccccc3)cc2)cc(OC)c1OC. The van der Waals surface area contributed by atoms with Crippen molar-refractivity contribution in [2.45, 2.75) is 13.0 Å². The summed E-state index contributed by atoms with van der Waals surface area (Å²) in [5.74, 6) is 0.479. The van der Waals surface area contributed by atoms with E-state index >= 15 is 0 Å². The highest BCUT2D eigenvalue weighted by molar-refractivity contribution is 5.97. The van der Waals surface area contributed by atoms with Crippen molar-refractivity contribution in [3.05, 3.63) is 72.3 Å². The van der Waals surface area contributed by atoms with Gasteiger partial charge in [-0.25, -0.2) is 0 Å². The van der Waals surface area contributed by atoms with Crippen molar-refractivity contribution >= 4 is 11.8 Å². The van der Waals surface area contributed by atoms with Crippen molar-refractivity contribution in [3.8, 4) is 34.1 Å². The summed E-state index contributed by atoms with van der Waals surface area (Å²) < 4.78 is 21.4. The molecule has 3 rings (SSSR count). The van der Waals surface area contributed by atoms with Gasteiger partial charge in [0.05, 0.1) is 21.3 Å². The maximum absolute atomic E-state index is 12.5. The van der Waals surface area contributed by atoms with Crippen LogP contribution in [0.1, 0.15) is 17.3 Å². The third-order valence-corrected chi connectivity index (χ3v) is 4.87. The molecule has 0 saturated carbocycles. The number of carbonyl (C=O) groups is 2. The van der Waals surface area contributed by atoms with Gasteiger partial charge in [0.15, 0.2) is 17.6 Å². The lowest BCUT2D eigenvalue weighted by atomic mass is 10.1. The monoisotopic (exact) mass is 450 g/mol. The van der Waals surface area contributed by atoms with E-state index in [1.54, 1.807) is 19.1 Å². The number of hydrazine groups is 1. The largest absolute Gasteiger partial charge is 0.493 e. The summed E-state index contributed by atoms with van der Waals surface area (Å²) in [6.45, 7) is 1.59. The Morgan fingerprint density at radius 2 is 1.33 bits per heavy atom. The lowest BCUT2D eigenvalue weighted by Crippen LogP contribution is -2.47. The highest BCUT2D eigenvalue weighted by Crippen LogP contribution is 2.38. The second-order valence-corrected chi connectivity index (χ2v) is 7.01. The molecule has 0 radical (unpaired) electrons. The third kappa shape index (κ3) is 5.74. The van der Waals surface area contributed by atoms with Crippen molar-refractivity contribution in [2.24, 2.45) is 0 Å². The topological polar surface area (TPSA) is 95.1 Å². The number of ether oxygens (including phenoxy) is 4. The van der Waals surface area contributed by atoms with E-state index in [1.807, 2.05) is 42.5 Å². The molecule has 1 atom stereocenters. The summed E-state index contributed by atoms with van der Waals surface area (Å²) in [7, 11) is 4.37. The van der Waals surface area contributed by atoms with Crippen LogP contribution in [0.4, 0.5) is 0 Å². The van der Waals surface area contributed by atoms with Crippen molar-refractivity contribution in [1.29, 1.82) is 0 Å². The maximum Gasteiger partial charge on any atom is 0.279 e. The molecule has 0 heterocycles. The molecule has 3 aromatic carbocycles. The first-order chi connectivity index (χ1) is 16.0. The average Bonchev–Trinajstić information content (AvgIpc) is 2.86. The molecule has 0 saturated heterocycles. The van der Waals surface area contributed by atoms with Crippen LogP contribution < -0.4 is 29.8 Å². The number of methoxy groups -OCH3 is 3. The smallest absolute Gasteiger partial charge is 0.279 e. The minimum atomic E-state index is -0.840. The molecule has 2 N–H and O–H groups in total. The Labute approximate surface area is 192 Å². The number of benzene rings is 3. The van der Waals surface area contributed by atoms with E-state index in [-0.39, 0.29) is 5.56 Å². The quantitative estimate of drug-likeness (QED) is 0.509. The van der Waals surface area contributed by atoms with Crippen LogP contribution in [0.5, 0.6) is 23.0 Å². The van der Waals surface area contributed by atoms with Gasteiger partial charge in [-0.2, -0.15) is 0 Å². The Morgan fingerprint density at radius 1 is 0.758 bits per heavy atom. The lowest BCUT2D eigenvalue weighted by molar-refractivity contribution is -0.128. The van der Waals surface area contributed by atoms with Gasteiger partial charge in [0, 0.05) is 5.56 Å². The molecule has 33 heavy (non-hydrogen) atoms. The van der Waals surface area contributed by atoms with E-state index in [4.69, 9.17) is 18.9 Å². The zero-order valence-corrected chi connectivity index (χ0v) is 18.9. The van der Waals surface area contributed by atoms with Gasteiger partial charge in [-0.05, 0) is 42.3 Å². The molecule has 0 aliphatic carbocycles. The number of amides is 2. The van der Waals surface area contributed by atoms with Gasteiger partial charge >= 0.3 is 0 Å². The van der Waals surface area contributed by atoms with Gasteiger partial charge < -0.3 is 18.9 Å². The molecule has 1 unspecified atom stereocenters. The van der Waals surface area contributed by atoms with Crippen molar-refractivity contribution < 1.29 is 28.5 Å². The standard InChI is InChI=1S/C25H26N2O6/c1-16(33-20-12-10-18(11-13-20)17-8-6-5-7-9-17)24(28)26-27-25(29)19-14-21(30-2)23(32-4)22(15-19)31-3/h5-16H,1-4H3,(H,26,28)(H,27,29). The fourth-order valence-corrected chi connectivity index (χ4v) is 3.12. The molecule has 0 spiro atoms. The Kier molecular flexibility index (Phi) is 7.75. The average molecular weight is 450 g/mol. The van der Waals surface area contributed by atoms with E-state index in [2.05, 4.69) is 10.9 Å². The lowest BCUT2D eigenvalue weighted by Gasteiger charge is -2.16. The number of hydrogen-bond acceptors (Lipinski definition) is 6. The first-order valence-electron chi connectivity index (χ1n) is 10.2. The molecule has 172 valence electrons. The van der Waals surface area contributed by atoms with Crippen LogP contribution in [0.15, 0.2) is 66.7 Å². The van der Waals surface area contributed by atoms with Crippen molar-refractivity contribution in [3.63, 3.8) is 0 Å². The van der Waals surface area contributed by atoms with E-state index in [0.29, 0.717) is 23.0 Å². The molecule has 0 fully saturated rings. The fraction of sp³-hybridized carbons (Fsp3) is 0.200. The van der Waals surface area contributed by atoms with Gasteiger partial charge in [-0.15, -0.1) is 0 Å². The number of hydrogen-bond donors (Lipinski definition) is 2. The summed E-state index contributed by atoms with van der Waals surface area (Å²) in [5.41, 5.74) is 7.08. The summed E-state index contributed by atoms with van der Waals surface area (Å²) in [6, 6.07) is 20.3.